The number of ether oxygens (including phenoxy) is 10. The minimum Gasteiger partial charge on any atom is -0.477 e. The maximum atomic E-state index is 13.6. The third-order valence-corrected chi connectivity index (χ3v) is 16.3. The average Bonchev–Trinajstić information content (AvgIpc) is 1.10. The van der Waals surface area contributed by atoms with Crippen LogP contribution >= 0.6 is 0 Å². The van der Waals surface area contributed by atoms with Gasteiger partial charge in [-0.25, -0.2) is 4.79 Å². The van der Waals surface area contributed by atoms with Gasteiger partial charge in [0.05, 0.1) is 63.9 Å². The van der Waals surface area contributed by atoms with E-state index in [0.29, 0.717) is 6.42 Å². The molecule has 0 saturated carbocycles. The van der Waals surface area contributed by atoms with E-state index in [1.165, 1.54) is 51.0 Å². The highest BCUT2D eigenvalue weighted by Gasteiger charge is 2.62. The molecule has 2 amide bonds. The van der Waals surface area contributed by atoms with Crippen LogP contribution in [0.1, 0.15) is 104 Å². The molecule has 0 aromatic rings. The third-order valence-electron chi connectivity index (χ3n) is 16.3. The topological polar surface area (TPSA) is 572 Å². The molecule has 0 aliphatic carbocycles. The van der Waals surface area contributed by atoms with Crippen molar-refractivity contribution in [1.29, 1.82) is 0 Å². The zero-order valence-corrected chi connectivity index (χ0v) is 50.4. The second-order valence-corrected chi connectivity index (χ2v) is 23.1. The van der Waals surface area contributed by atoms with Gasteiger partial charge in [-0.15, -0.1) is 0 Å². The molecule has 5 rings (SSSR count). The third kappa shape index (κ3) is 20.8. The van der Waals surface area contributed by atoms with Crippen LogP contribution in [0.15, 0.2) is 12.2 Å². The van der Waals surface area contributed by atoms with E-state index in [1.54, 1.807) is 6.08 Å². The van der Waals surface area contributed by atoms with Gasteiger partial charge in [-0.05, 0) is 12.8 Å². The summed E-state index contributed by atoms with van der Waals surface area (Å²) in [7, 11) is 0. The van der Waals surface area contributed by atoms with Crippen LogP contribution in [0.3, 0.4) is 0 Å². The summed E-state index contributed by atoms with van der Waals surface area (Å²) < 4.78 is 58.9. The maximum absolute atomic E-state index is 13.6. The number of aliphatic hydroxyl groups is 16. The first kappa shape index (κ1) is 78.5. The van der Waals surface area contributed by atoms with Crippen LogP contribution in [0.4, 0.5) is 0 Å². The summed E-state index contributed by atoms with van der Waals surface area (Å²) in [5, 5.41) is 190. The number of allylic oxidation sites excluding steroid dienone is 1. The van der Waals surface area contributed by atoms with Crippen LogP contribution in [-0.4, -0.2) is 315 Å². The Kier molecular flexibility index (Phi) is 33.3. The molecule has 24 N–H and O–H groups in total. The largest absolute Gasteiger partial charge is 0.477 e. The number of hydrogen-bond donors (Lipinski definition) is 21. The fourth-order valence-electron chi connectivity index (χ4n) is 11.3. The van der Waals surface area contributed by atoms with Crippen molar-refractivity contribution >= 4 is 17.8 Å². The molecule has 0 radical (unpaired) electrons. The molecule has 0 spiro atoms. The van der Waals surface area contributed by atoms with E-state index in [1.807, 2.05) is 0 Å². The molecule has 0 aromatic carbocycles. The lowest BCUT2D eigenvalue weighted by Gasteiger charge is -2.52. The summed E-state index contributed by atoms with van der Waals surface area (Å²) in [6.07, 6.45) is -32.9. The van der Waals surface area contributed by atoms with Gasteiger partial charge < -0.3 is 157 Å². The van der Waals surface area contributed by atoms with Crippen molar-refractivity contribution in [2.75, 3.05) is 39.6 Å². The van der Waals surface area contributed by atoms with Gasteiger partial charge in [0.1, 0.15) is 116 Å². The van der Waals surface area contributed by atoms with Gasteiger partial charge in [0, 0.05) is 20.3 Å². The number of amides is 2. The van der Waals surface area contributed by atoms with E-state index in [4.69, 9.17) is 53.1 Å². The Morgan fingerprint density at radius 2 is 1.07 bits per heavy atom. The number of hydrogen-bond acceptors (Lipinski definition) is 31. The number of nitrogens with one attached hydrogen (secondary N) is 2. The molecule has 34 heteroatoms. The monoisotopic (exact) mass is 1300 g/mol. The number of carbonyl (C=O) groups is 3. The van der Waals surface area contributed by atoms with Crippen molar-refractivity contribution in [3.05, 3.63) is 12.2 Å². The van der Waals surface area contributed by atoms with E-state index in [9.17, 15) is 101 Å². The zero-order valence-electron chi connectivity index (χ0n) is 50.4. The van der Waals surface area contributed by atoms with Crippen LogP contribution in [-0.2, 0) is 61.8 Å². The lowest BCUT2D eigenvalue weighted by Crippen LogP contribution is -2.72. The van der Waals surface area contributed by atoms with Gasteiger partial charge in [0.2, 0.25) is 11.8 Å². The number of nitrogens with two attached hydrogens (primary N) is 1. The van der Waals surface area contributed by atoms with Crippen molar-refractivity contribution in [3.63, 3.8) is 0 Å². The second-order valence-electron chi connectivity index (χ2n) is 23.1. The number of rotatable bonds is 35. The fraction of sp³-hybridized carbons (Fsp3) is 0.909. The molecule has 34 nitrogen and oxygen atoms in total. The minimum absolute atomic E-state index is 0. The first-order valence-electron chi connectivity index (χ1n) is 30.1. The smallest absolute Gasteiger partial charge is 0.364 e. The highest BCUT2D eigenvalue weighted by Crippen LogP contribution is 2.41. The van der Waals surface area contributed by atoms with Crippen LogP contribution in [0.2, 0.25) is 0 Å². The molecule has 5 fully saturated rings. The van der Waals surface area contributed by atoms with E-state index in [2.05, 4.69) is 17.6 Å². The maximum Gasteiger partial charge on any atom is 0.364 e. The Morgan fingerprint density at radius 1 is 0.584 bits per heavy atom. The Bertz CT molecular complexity index is 2100. The number of carboxylic acids is 1. The quantitative estimate of drug-likeness (QED) is 0.0207. The van der Waals surface area contributed by atoms with Crippen molar-refractivity contribution in [2.24, 2.45) is 5.73 Å². The van der Waals surface area contributed by atoms with Crippen LogP contribution in [0.25, 0.3) is 0 Å². The fourth-order valence-corrected chi connectivity index (χ4v) is 11.3. The predicted octanol–water partition coefficient (Wildman–Crippen LogP) is -7.30. The van der Waals surface area contributed by atoms with E-state index in [0.717, 1.165) is 39.5 Å². The molecule has 28 atom stereocenters. The van der Waals surface area contributed by atoms with Gasteiger partial charge in [-0.2, -0.15) is 0 Å². The molecule has 5 heterocycles. The summed E-state index contributed by atoms with van der Waals surface area (Å²) in [4.78, 5) is 38.9. The first-order chi connectivity index (χ1) is 41.8. The summed E-state index contributed by atoms with van der Waals surface area (Å²) in [6.45, 7) is -1.77. The van der Waals surface area contributed by atoms with Gasteiger partial charge in [-0.3, -0.25) is 9.59 Å². The van der Waals surface area contributed by atoms with E-state index < -0.39 is 235 Å². The van der Waals surface area contributed by atoms with Crippen LogP contribution < -0.4 is 22.5 Å². The Balaban J connectivity index is 0.0000169. The van der Waals surface area contributed by atoms with Crippen molar-refractivity contribution in [3.8, 4) is 0 Å². The minimum atomic E-state index is -3.36. The highest BCUT2D eigenvalue weighted by atomic mass is 16.8. The molecule has 0 aromatic heterocycles. The molecular weight excluding hydrogens is 1200 g/mol. The van der Waals surface area contributed by atoms with Gasteiger partial charge in [0.15, 0.2) is 25.2 Å². The normalized spacial score (nSPS) is 39.1. The Morgan fingerprint density at radius 3 is 1.63 bits per heavy atom. The second kappa shape index (κ2) is 37.8. The molecule has 10 unspecified atom stereocenters. The lowest BCUT2D eigenvalue weighted by atomic mass is 9.88. The number of carboxylic acid groups (broad SMARTS) is 1. The number of carbonyl (C=O) groups excluding carboxylic acids is 2. The summed E-state index contributed by atoms with van der Waals surface area (Å²) in [5.41, 5.74) is 6.20. The number of unbranched alkanes of at least 4 members (excludes halogenated alkanes) is 11. The van der Waals surface area contributed by atoms with Crippen LogP contribution in [0.5, 0.6) is 0 Å². The lowest BCUT2D eigenvalue weighted by molar-refractivity contribution is -0.403. The predicted molar refractivity (Wildman–Crippen MR) is 300 cm³/mol. The standard InChI is InChI=1S/C55H97N3O30.H3N/c1-4-5-6-7-8-9-10-11-12-13-14-15-16-17-28(66)27(56)24-79-51-43(75)41(73)45(33(22-62)82-51)84-53-44(76)49(88-55(54(77)78)18-29(67)35(57-25(2)64)48(87-55)37(69)30(68)19-59)46(34(23-63)83-53)85-50-36(58-26(3)65)47(39(71)32(21-61)80-50)86-52-42(74)40(72)38(70)31(20-60)81-52;/h16-17,27-53,59-63,66-76H,4-15,18-24,56H2,1-3H3,(H,57,64)(H,58,65)(H,77,78);1H3/b17-16+;/t27-,28+,29?,30+,31?,32?,33?,34?,35+,36-,37+,38-,39-,40?,41+,42-,43?,44-,45+,46-,47?,48?,49?,50-,51+,52-,53-,55-;/m0./s1. The Labute approximate surface area is 514 Å². The van der Waals surface area contributed by atoms with E-state index in [-0.39, 0.29) is 6.15 Å². The zero-order chi connectivity index (χ0) is 65.2. The van der Waals surface area contributed by atoms with Crippen molar-refractivity contribution in [1.82, 2.24) is 16.8 Å². The van der Waals surface area contributed by atoms with Crippen molar-refractivity contribution < 1.29 is 149 Å². The van der Waals surface area contributed by atoms with Crippen molar-refractivity contribution in [2.45, 2.75) is 275 Å². The molecule has 0 bridgehead atoms. The molecule has 89 heavy (non-hydrogen) atoms. The molecule has 5 aliphatic rings. The van der Waals surface area contributed by atoms with Crippen LogP contribution in [0, 0.1) is 0 Å². The van der Waals surface area contributed by atoms with Gasteiger partial charge >= 0.3 is 5.97 Å². The molecule has 5 aliphatic heterocycles. The number of aliphatic hydroxyl groups excluding tert-OH is 16. The average molecular weight is 1300 g/mol. The van der Waals surface area contributed by atoms with Gasteiger partial charge in [-0.1, -0.05) is 83.3 Å². The van der Waals surface area contributed by atoms with E-state index >= 15 is 0 Å². The first-order valence-corrected chi connectivity index (χ1v) is 30.1. The molecular formula is C55H100N4O30. The SMILES string of the molecule is CCCCCCCCCCCCC/C=C/[C@@H](O)[C@@H](N)CO[C@@H]1OC(CO)[C@@H](O[C@@H]2OC(CO)[C@H](O[C@@H]3OC(CO)[C@H](O)C(O[C@@H]4OC(CO)[C@H](O)C(O)[C@@H]4O)[C@@H]3NC(C)=O)C(O[C@]3(C(=O)O)CC(O)[C@@H](NC(C)=O)C([C@H](O)[C@H](O)CO)O3)[C@@H]2O)[C@H](O)C1O.N. The highest BCUT2D eigenvalue weighted by molar-refractivity contribution is 5.76. The number of aliphatic carboxylic acids is 1. The Hall–Kier alpha value is -2.97. The molecule has 520 valence electrons. The summed E-state index contributed by atoms with van der Waals surface area (Å²) >= 11 is 0. The summed E-state index contributed by atoms with van der Waals surface area (Å²) in [5.74, 6) is -7.28. The molecule has 5 saturated heterocycles. The van der Waals surface area contributed by atoms with Gasteiger partial charge in [0.25, 0.3) is 5.79 Å². The summed E-state index contributed by atoms with van der Waals surface area (Å²) in [6, 6.07) is -4.71.